The van der Waals surface area contributed by atoms with Crippen LogP contribution >= 0.6 is 11.6 Å². The minimum Gasteiger partial charge on any atom is -0.417 e. The molecule has 0 aromatic heterocycles. The van der Waals surface area contributed by atoms with E-state index in [1.807, 2.05) is 33.8 Å². The molecule has 0 saturated carbocycles. The third kappa shape index (κ3) is 6.38. The summed E-state index contributed by atoms with van der Waals surface area (Å²) < 4.78 is 25.3. The van der Waals surface area contributed by atoms with E-state index in [9.17, 15) is 0 Å². The van der Waals surface area contributed by atoms with Crippen LogP contribution in [0.1, 0.15) is 85.3 Å². The maximum Gasteiger partial charge on any atom is 0.495 e. The summed E-state index contributed by atoms with van der Waals surface area (Å²) in [5, 5.41) is 12.7. The fourth-order valence-corrected chi connectivity index (χ4v) is 5.70. The van der Waals surface area contributed by atoms with Crippen LogP contribution in [0.3, 0.4) is 0 Å². The Morgan fingerprint density at radius 1 is 1.19 bits per heavy atom. The van der Waals surface area contributed by atoms with Gasteiger partial charge in [-0.05, 0) is 95.0 Å². The van der Waals surface area contributed by atoms with Gasteiger partial charge in [-0.3, -0.25) is 0 Å². The summed E-state index contributed by atoms with van der Waals surface area (Å²) in [6.07, 6.45) is 5.95. The summed E-state index contributed by atoms with van der Waals surface area (Å²) >= 11 is 6.94. The summed E-state index contributed by atoms with van der Waals surface area (Å²) in [6, 6.07) is 1.93. The van der Waals surface area contributed by atoms with Crippen molar-refractivity contribution < 1.29 is 18.5 Å². The number of nitrogens with one attached hydrogen (secondary N) is 2. The van der Waals surface area contributed by atoms with Gasteiger partial charge in [0.25, 0.3) is 0 Å². The van der Waals surface area contributed by atoms with Crippen LogP contribution in [-0.4, -0.2) is 52.3 Å². The lowest BCUT2D eigenvalue weighted by Crippen LogP contribution is -2.42. The Morgan fingerprint density at radius 2 is 1.83 bits per heavy atom. The van der Waals surface area contributed by atoms with E-state index in [0.29, 0.717) is 18.1 Å². The second kappa shape index (κ2) is 11.1. The van der Waals surface area contributed by atoms with Gasteiger partial charge in [0, 0.05) is 35.7 Å². The molecule has 0 spiro atoms. The molecule has 0 aliphatic carbocycles. The van der Waals surface area contributed by atoms with Gasteiger partial charge in [-0.1, -0.05) is 32.4 Å². The van der Waals surface area contributed by atoms with Crippen LogP contribution in [0, 0.1) is 5.41 Å². The van der Waals surface area contributed by atoms with E-state index in [1.54, 1.807) is 0 Å². The molecule has 0 amide bonds. The van der Waals surface area contributed by atoms with Crippen LogP contribution in [0.25, 0.3) is 0 Å². The summed E-state index contributed by atoms with van der Waals surface area (Å²) in [6.45, 7) is 20.9. The fraction of sp³-hybridized carbons (Fsp3) is 0.741. The first-order valence-corrected chi connectivity index (χ1v) is 16.6. The molecule has 2 saturated heterocycles. The quantitative estimate of drug-likeness (QED) is 0.213. The highest BCUT2D eigenvalue weighted by atomic mass is 35.5. The topological polar surface area (TPSA) is 72.8 Å². The number of halogens is 1. The number of anilines is 1. The monoisotopic (exact) mass is 536 g/mol. The minimum absolute atomic E-state index is 0.0940. The molecule has 2 N–H and O–H groups in total. The Bertz CT molecular complexity index is 927. The smallest absolute Gasteiger partial charge is 0.417 e. The predicted octanol–water partition coefficient (Wildman–Crippen LogP) is 6.53. The number of ether oxygens (including phenoxy) is 1. The zero-order valence-electron chi connectivity index (χ0n) is 23.8. The van der Waals surface area contributed by atoms with Crippen LogP contribution in [0.4, 0.5) is 5.69 Å². The summed E-state index contributed by atoms with van der Waals surface area (Å²) in [4.78, 5) is 0. The van der Waals surface area contributed by atoms with Crippen LogP contribution in [0.15, 0.2) is 6.07 Å². The van der Waals surface area contributed by atoms with Gasteiger partial charge in [-0.2, -0.15) is 0 Å². The molecule has 1 unspecified atom stereocenters. The largest absolute Gasteiger partial charge is 0.495 e. The average molecular weight is 537 g/mol. The number of rotatable bonds is 9. The molecule has 6 nitrogen and oxygen atoms in total. The standard InChI is InChI=1S/C27H46BClN2O4Si/c1-25(2,3)36(8,9)33-16-12-13-19-21(29)17-22(31-23-14-10-11-15-32-23)20(18-30)24(19)28-34-26(4,5)27(6,7)35-28/h17-18,23,30-31H,10-16H2,1-9H3. The van der Waals surface area contributed by atoms with Crippen LogP contribution in [0.2, 0.25) is 23.2 Å². The molecule has 2 fully saturated rings. The van der Waals surface area contributed by atoms with E-state index in [4.69, 9.17) is 35.5 Å². The molecule has 9 heteroatoms. The van der Waals surface area contributed by atoms with Gasteiger partial charge < -0.3 is 29.2 Å². The molecule has 3 rings (SSSR count). The van der Waals surface area contributed by atoms with Crippen molar-refractivity contribution in [2.24, 2.45) is 0 Å². The van der Waals surface area contributed by atoms with E-state index < -0.39 is 26.6 Å². The van der Waals surface area contributed by atoms with Crippen molar-refractivity contribution in [2.75, 3.05) is 18.5 Å². The van der Waals surface area contributed by atoms with Crippen LogP contribution in [0.5, 0.6) is 0 Å². The summed E-state index contributed by atoms with van der Waals surface area (Å²) in [7, 11) is -2.44. The summed E-state index contributed by atoms with van der Waals surface area (Å²) in [5.74, 6) is 0. The summed E-state index contributed by atoms with van der Waals surface area (Å²) in [5.41, 5.74) is 2.33. The van der Waals surface area contributed by atoms with Crippen molar-refractivity contribution in [3.63, 3.8) is 0 Å². The van der Waals surface area contributed by atoms with E-state index in [0.717, 1.165) is 54.6 Å². The second-order valence-corrected chi connectivity index (χ2v) is 17.9. The number of hydrogen-bond acceptors (Lipinski definition) is 6. The SMILES string of the molecule is CC1(C)OB(c2c(C=N)c(NC3CCCCO3)cc(Cl)c2CCCO[Si](C)(C)C(C)(C)C)OC1(C)C. The Hall–Kier alpha value is -0.898. The van der Waals surface area contributed by atoms with Gasteiger partial charge in [-0.15, -0.1) is 0 Å². The van der Waals surface area contributed by atoms with Gasteiger partial charge in [0.2, 0.25) is 0 Å². The normalized spacial score (nSPS) is 22.1. The number of hydrogen-bond donors (Lipinski definition) is 2. The van der Waals surface area contributed by atoms with E-state index >= 15 is 0 Å². The zero-order valence-corrected chi connectivity index (χ0v) is 25.5. The van der Waals surface area contributed by atoms with Crippen molar-refractivity contribution in [1.29, 1.82) is 5.41 Å². The highest BCUT2D eigenvalue weighted by Gasteiger charge is 2.53. The minimum atomic E-state index is -1.83. The van der Waals surface area contributed by atoms with Crippen molar-refractivity contribution >= 4 is 44.4 Å². The first-order valence-electron chi connectivity index (χ1n) is 13.3. The molecule has 202 valence electrons. The molecule has 2 heterocycles. The van der Waals surface area contributed by atoms with Crippen molar-refractivity contribution in [1.82, 2.24) is 0 Å². The molecular formula is C27H46BClN2O4Si. The average Bonchev–Trinajstić information content (AvgIpc) is 2.98. The third-order valence-corrected chi connectivity index (χ3v) is 13.3. The Morgan fingerprint density at radius 3 is 2.36 bits per heavy atom. The molecule has 1 atom stereocenters. The first-order chi connectivity index (χ1) is 16.6. The van der Waals surface area contributed by atoms with E-state index in [-0.39, 0.29) is 11.3 Å². The van der Waals surface area contributed by atoms with Gasteiger partial charge in [0.1, 0.15) is 6.23 Å². The lowest BCUT2D eigenvalue weighted by Gasteiger charge is -2.36. The lowest BCUT2D eigenvalue weighted by molar-refractivity contribution is 0.00578. The first kappa shape index (κ1) is 29.7. The van der Waals surface area contributed by atoms with Crippen molar-refractivity contribution in [3.8, 4) is 0 Å². The molecular weight excluding hydrogens is 491 g/mol. The van der Waals surface area contributed by atoms with E-state index in [2.05, 4.69) is 39.2 Å². The number of benzene rings is 1. The second-order valence-electron chi connectivity index (χ2n) is 12.7. The van der Waals surface area contributed by atoms with Crippen LogP contribution in [-0.2, 0) is 24.9 Å². The predicted molar refractivity (Wildman–Crippen MR) is 154 cm³/mol. The lowest BCUT2D eigenvalue weighted by atomic mass is 9.71. The fourth-order valence-electron chi connectivity index (χ4n) is 4.31. The van der Waals surface area contributed by atoms with Crippen LogP contribution < -0.4 is 10.8 Å². The molecule has 0 bridgehead atoms. The molecule has 0 radical (unpaired) electrons. The zero-order chi connectivity index (χ0) is 26.9. The molecule has 2 aliphatic rings. The van der Waals surface area contributed by atoms with Gasteiger partial charge in [-0.25, -0.2) is 0 Å². The Kier molecular flexibility index (Phi) is 9.12. The van der Waals surface area contributed by atoms with Crippen molar-refractivity contribution in [2.45, 2.75) is 116 Å². The maximum atomic E-state index is 8.36. The Balaban J connectivity index is 1.94. The van der Waals surface area contributed by atoms with Gasteiger partial charge in [0.15, 0.2) is 8.32 Å². The molecule has 1 aromatic rings. The highest BCUT2D eigenvalue weighted by Crippen LogP contribution is 2.39. The molecule has 2 aliphatic heterocycles. The van der Waals surface area contributed by atoms with Crippen molar-refractivity contribution in [3.05, 3.63) is 22.2 Å². The molecule has 1 aromatic carbocycles. The highest BCUT2D eigenvalue weighted by molar-refractivity contribution is 6.74. The maximum absolute atomic E-state index is 8.36. The molecule has 36 heavy (non-hydrogen) atoms. The van der Waals surface area contributed by atoms with E-state index in [1.165, 1.54) is 6.21 Å². The van der Waals surface area contributed by atoms with Gasteiger partial charge >= 0.3 is 7.12 Å². The van der Waals surface area contributed by atoms with Gasteiger partial charge in [0.05, 0.1) is 11.2 Å². The third-order valence-electron chi connectivity index (χ3n) is 8.43. The Labute approximate surface area is 224 Å².